The zero-order valence-electron chi connectivity index (χ0n) is 14.4. The highest BCUT2D eigenvalue weighted by atomic mass is 32.2. The molecule has 23 heavy (non-hydrogen) atoms. The Balaban J connectivity index is 1.95. The van der Waals surface area contributed by atoms with Gasteiger partial charge in [0.05, 0.1) is 11.0 Å². The Hall–Kier alpha value is -0.910. The molecule has 1 aliphatic rings. The smallest absolute Gasteiger partial charge is 0.175 e. The first-order chi connectivity index (χ1) is 10.8. The number of rotatable bonds is 5. The number of β-amino-alcohol motifs (C(OH)–C–C–N with tert-alkyl or cyclic N) is 1. The average molecular weight is 340 g/mol. The van der Waals surface area contributed by atoms with Crippen LogP contribution < -0.4 is 0 Å². The number of nitrogens with zero attached hydrogens (tertiary/aromatic N) is 1. The van der Waals surface area contributed by atoms with Gasteiger partial charge < -0.3 is 10.0 Å². The summed E-state index contributed by atoms with van der Waals surface area (Å²) in [7, 11) is -3.18. The molecule has 1 aromatic carbocycles. The summed E-state index contributed by atoms with van der Waals surface area (Å²) in [6.45, 7) is 7.25. The second-order valence-corrected chi connectivity index (χ2v) is 9.11. The Bertz CT molecular complexity index is 595. The lowest BCUT2D eigenvalue weighted by Crippen LogP contribution is -2.30. The Labute approximate surface area is 140 Å². The topological polar surface area (TPSA) is 57.6 Å². The molecule has 0 bridgehead atoms. The van der Waals surface area contributed by atoms with E-state index in [-0.39, 0.29) is 0 Å². The van der Waals surface area contributed by atoms with E-state index in [1.807, 2.05) is 0 Å². The van der Waals surface area contributed by atoms with Crippen LogP contribution in [0.5, 0.6) is 0 Å². The van der Waals surface area contributed by atoms with Gasteiger partial charge in [0, 0.05) is 12.8 Å². The molecule has 1 aliphatic heterocycles. The molecule has 0 aliphatic carbocycles. The van der Waals surface area contributed by atoms with Crippen molar-refractivity contribution < 1.29 is 13.5 Å². The summed E-state index contributed by atoms with van der Waals surface area (Å²) in [6, 6.07) is 6.59. The van der Waals surface area contributed by atoms with Crippen molar-refractivity contribution in [1.29, 1.82) is 0 Å². The Morgan fingerprint density at radius 2 is 1.83 bits per heavy atom. The summed E-state index contributed by atoms with van der Waals surface area (Å²) in [5, 5.41) is 10.4. The molecule has 2 atom stereocenters. The normalized spacial score (nSPS) is 22.0. The van der Waals surface area contributed by atoms with Gasteiger partial charge in [0.2, 0.25) is 0 Å². The minimum Gasteiger partial charge on any atom is -0.387 e. The van der Waals surface area contributed by atoms with Crippen LogP contribution in [0.25, 0.3) is 0 Å². The fourth-order valence-electron chi connectivity index (χ4n) is 3.32. The molecule has 0 saturated carbocycles. The number of aliphatic hydroxyl groups is 1. The molecular weight excluding hydrogens is 310 g/mol. The molecule has 1 N–H and O–H groups in total. The van der Waals surface area contributed by atoms with Crippen LogP contribution in [0, 0.1) is 11.8 Å². The third-order valence-corrected chi connectivity index (χ3v) is 6.06. The second-order valence-electron chi connectivity index (χ2n) is 7.09. The van der Waals surface area contributed by atoms with Crippen molar-refractivity contribution >= 4 is 9.84 Å². The van der Waals surface area contributed by atoms with Crippen molar-refractivity contribution in [2.24, 2.45) is 11.8 Å². The van der Waals surface area contributed by atoms with E-state index >= 15 is 0 Å². The lowest BCUT2D eigenvalue weighted by Gasteiger charge is -2.24. The highest BCUT2D eigenvalue weighted by Crippen LogP contribution is 2.26. The maximum absolute atomic E-state index is 11.5. The fraction of sp³-hybridized carbons (Fsp3) is 0.667. The highest BCUT2D eigenvalue weighted by molar-refractivity contribution is 7.90. The van der Waals surface area contributed by atoms with E-state index in [0.717, 1.165) is 30.5 Å². The molecule has 0 radical (unpaired) electrons. The minimum atomic E-state index is -3.18. The molecule has 1 saturated heterocycles. The zero-order chi connectivity index (χ0) is 17.0. The van der Waals surface area contributed by atoms with Crippen molar-refractivity contribution in [2.45, 2.75) is 44.1 Å². The summed E-state index contributed by atoms with van der Waals surface area (Å²) < 4.78 is 23.0. The lowest BCUT2D eigenvalue weighted by molar-refractivity contribution is 0.114. The summed E-state index contributed by atoms with van der Waals surface area (Å²) in [5.74, 6) is 1.51. The van der Waals surface area contributed by atoms with Gasteiger partial charge in [-0.2, -0.15) is 0 Å². The first-order valence-corrected chi connectivity index (χ1v) is 10.4. The van der Waals surface area contributed by atoms with Gasteiger partial charge in [-0.25, -0.2) is 8.42 Å². The van der Waals surface area contributed by atoms with E-state index in [4.69, 9.17) is 0 Å². The Morgan fingerprint density at radius 3 is 2.39 bits per heavy atom. The molecule has 0 spiro atoms. The fourth-order valence-corrected chi connectivity index (χ4v) is 3.95. The van der Waals surface area contributed by atoms with Crippen LogP contribution in [-0.4, -0.2) is 44.3 Å². The number of likely N-dealkylation sites (tertiary alicyclic amines) is 1. The Kier molecular flexibility index (Phi) is 6.23. The van der Waals surface area contributed by atoms with Crippen LogP contribution in [0.15, 0.2) is 29.2 Å². The van der Waals surface area contributed by atoms with Gasteiger partial charge in [0.1, 0.15) is 0 Å². The van der Waals surface area contributed by atoms with Crippen LogP contribution in [0.2, 0.25) is 0 Å². The maximum atomic E-state index is 11.5. The van der Waals surface area contributed by atoms with Crippen LogP contribution in [-0.2, 0) is 9.84 Å². The number of hydrogen-bond donors (Lipinski definition) is 1. The van der Waals surface area contributed by atoms with Gasteiger partial charge in [-0.1, -0.05) is 26.0 Å². The van der Waals surface area contributed by atoms with Crippen molar-refractivity contribution in [3.63, 3.8) is 0 Å². The van der Waals surface area contributed by atoms with Gasteiger partial charge in [-0.15, -0.1) is 0 Å². The molecule has 0 amide bonds. The van der Waals surface area contributed by atoms with E-state index in [0.29, 0.717) is 11.4 Å². The number of sulfone groups is 1. The number of hydrogen-bond acceptors (Lipinski definition) is 4. The highest BCUT2D eigenvalue weighted by Gasteiger charge is 2.21. The van der Waals surface area contributed by atoms with Crippen LogP contribution in [0.1, 0.15) is 44.8 Å². The van der Waals surface area contributed by atoms with Crippen LogP contribution in [0.3, 0.4) is 0 Å². The summed E-state index contributed by atoms with van der Waals surface area (Å²) in [6.07, 6.45) is 4.27. The van der Waals surface area contributed by atoms with Gasteiger partial charge in [0.15, 0.2) is 9.84 Å². The molecule has 0 aromatic heterocycles. The standard InChI is InChI=1S/C18H29NO3S/c1-14(2)15-5-4-11-19(12-10-15)13-18(20)16-6-8-17(9-7-16)23(3,21)22/h6-9,14-15,18,20H,4-5,10-13H2,1-3H3. The molecule has 4 nitrogen and oxygen atoms in total. The second kappa shape index (κ2) is 7.77. The van der Waals surface area contributed by atoms with Crippen molar-refractivity contribution in [1.82, 2.24) is 4.90 Å². The lowest BCUT2D eigenvalue weighted by atomic mass is 9.89. The van der Waals surface area contributed by atoms with Crippen molar-refractivity contribution in [3.8, 4) is 0 Å². The van der Waals surface area contributed by atoms with E-state index < -0.39 is 15.9 Å². The molecular formula is C18H29NO3S. The predicted molar refractivity (Wildman–Crippen MR) is 93.1 cm³/mol. The van der Waals surface area contributed by atoms with E-state index in [9.17, 15) is 13.5 Å². The molecule has 2 unspecified atom stereocenters. The number of benzene rings is 1. The van der Waals surface area contributed by atoms with Gasteiger partial charge >= 0.3 is 0 Å². The SMILES string of the molecule is CC(C)C1CCCN(CC(O)c2ccc(S(C)(=O)=O)cc2)CC1. The summed E-state index contributed by atoms with van der Waals surface area (Å²) in [5.41, 5.74) is 0.780. The quantitative estimate of drug-likeness (QED) is 0.896. The molecule has 1 aromatic rings. The minimum absolute atomic E-state index is 0.294. The maximum Gasteiger partial charge on any atom is 0.175 e. The van der Waals surface area contributed by atoms with Gasteiger partial charge in [-0.05, 0) is 61.9 Å². The van der Waals surface area contributed by atoms with Gasteiger partial charge in [0.25, 0.3) is 0 Å². The largest absolute Gasteiger partial charge is 0.387 e. The molecule has 5 heteroatoms. The van der Waals surface area contributed by atoms with Crippen LogP contribution >= 0.6 is 0 Å². The summed E-state index contributed by atoms with van der Waals surface area (Å²) >= 11 is 0. The van der Waals surface area contributed by atoms with Crippen molar-refractivity contribution in [2.75, 3.05) is 25.9 Å². The monoisotopic (exact) mass is 339 g/mol. The predicted octanol–water partition coefficient (Wildman–Crippen LogP) is 2.88. The first kappa shape index (κ1) is 18.4. The Morgan fingerprint density at radius 1 is 1.17 bits per heavy atom. The molecule has 1 heterocycles. The van der Waals surface area contributed by atoms with Crippen molar-refractivity contribution in [3.05, 3.63) is 29.8 Å². The molecule has 2 rings (SSSR count). The van der Waals surface area contributed by atoms with Gasteiger partial charge in [-0.3, -0.25) is 0 Å². The third-order valence-electron chi connectivity index (χ3n) is 4.93. The molecule has 1 fully saturated rings. The average Bonchev–Trinajstić information content (AvgIpc) is 2.72. The van der Waals surface area contributed by atoms with E-state index in [2.05, 4.69) is 18.7 Å². The van der Waals surface area contributed by atoms with E-state index in [1.165, 1.54) is 25.5 Å². The summed E-state index contributed by atoms with van der Waals surface area (Å²) in [4.78, 5) is 2.63. The van der Waals surface area contributed by atoms with Crippen LogP contribution in [0.4, 0.5) is 0 Å². The first-order valence-electron chi connectivity index (χ1n) is 8.48. The number of aliphatic hydroxyl groups excluding tert-OH is 1. The van der Waals surface area contributed by atoms with E-state index in [1.54, 1.807) is 24.3 Å². The molecule has 130 valence electrons. The third kappa shape index (κ3) is 5.30. The zero-order valence-corrected chi connectivity index (χ0v) is 15.2.